The van der Waals surface area contributed by atoms with Crippen molar-refractivity contribution in [2.24, 2.45) is 17.8 Å². The Bertz CT molecular complexity index is 1430. The Hall–Kier alpha value is -3.83. The summed E-state index contributed by atoms with van der Waals surface area (Å²) >= 11 is 0. The summed E-state index contributed by atoms with van der Waals surface area (Å²) in [4.78, 5) is 37.5. The number of hydrogen-bond donors (Lipinski definition) is 3. The summed E-state index contributed by atoms with van der Waals surface area (Å²) < 4.78 is 15.1. The fourth-order valence-corrected chi connectivity index (χ4v) is 6.97. The standard InChI is InChI=1S/C31H38N6O5/c1-2-32-31(40)36-28-25-29(34-17-33-28)37(18-35-25)23-16-21(14-13-20-10-6-7-11-22(20)30(38)39)26-27(23)42-24(41-26)15-12-19-8-4-3-5-9-19/h3-5,8-9,12,15,17-18,20-24,26-27H,2,6-7,10-11,13-14,16H2,1H3,(H,38,39)(H2,32,33,34,36,40)/t20?,21?,22?,23?,24-,26?,27?/m0/s1. The van der Waals surface area contributed by atoms with Gasteiger partial charge in [0.25, 0.3) is 0 Å². The van der Waals surface area contributed by atoms with Gasteiger partial charge >= 0.3 is 12.0 Å². The van der Waals surface area contributed by atoms with Gasteiger partial charge in [0.05, 0.1) is 24.4 Å². The second-order valence-corrected chi connectivity index (χ2v) is 11.5. The largest absolute Gasteiger partial charge is 0.481 e. The molecule has 11 nitrogen and oxygen atoms in total. The first-order valence-corrected chi connectivity index (χ1v) is 15.0. The number of benzene rings is 1. The lowest BCUT2D eigenvalue weighted by Crippen LogP contribution is -2.29. The van der Waals surface area contributed by atoms with Crippen molar-refractivity contribution in [3.63, 3.8) is 0 Å². The van der Waals surface area contributed by atoms with Crippen molar-refractivity contribution in [1.82, 2.24) is 24.8 Å². The second kappa shape index (κ2) is 12.6. The van der Waals surface area contributed by atoms with Gasteiger partial charge in [-0.2, -0.15) is 0 Å². The van der Waals surface area contributed by atoms with Crippen LogP contribution in [0.25, 0.3) is 17.2 Å². The Morgan fingerprint density at radius 2 is 1.83 bits per heavy atom. The van der Waals surface area contributed by atoms with Crippen molar-refractivity contribution in [2.45, 2.75) is 76.4 Å². The molecule has 2 amide bonds. The van der Waals surface area contributed by atoms with Gasteiger partial charge in [-0.05, 0) is 62.5 Å². The molecule has 7 atom stereocenters. The van der Waals surface area contributed by atoms with Crippen LogP contribution in [-0.2, 0) is 14.3 Å². The molecule has 3 aliphatic rings. The molecule has 2 saturated carbocycles. The number of carbonyl (C=O) groups is 2. The lowest BCUT2D eigenvalue weighted by Gasteiger charge is -2.30. The Balaban J connectivity index is 1.25. The van der Waals surface area contributed by atoms with Gasteiger partial charge in [0, 0.05) is 6.54 Å². The first kappa shape index (κ1) is 28.3. The number of urea groups is 1. The number of imidazole rings is 1. The topological polar surface area (TPSA) is 140 Å². The maximum absolute atomic E-state index is 12.2. The lowest BCUT2D eigenvalue weighted by molar-refractivity contribution is -0.145. The van der Waals surface area contributed by atoms with Crippen LogP contribution < -0.4 is 10.6 Å². The predicted molar refractivity (Wildman–Crippen MR) is 156 cm³/mol. The number of carbonyl (C=O) groups excluding carboxylic acids is 1. The molecule has 3 aromatic rings. The van der Waals surface area contributed by atoms with E-state index in [-0.39, 0.29) is 42.0 Å². The minimum absolute atomic E-state index is 0.0889. The number of amides is 2. The fraction of sp³-hybridized carbons (Fsp3) is 0.516. The summed E-state index contributed by atoms with van der Waals surface area (Å²) in [6.45, 7) is 2.34. The summed E-state index contributed by atoms with van der Waals surface area (Å²) in [6, 6.07) is 9.60. The van der Waals surface area contributed by atoms with Crippen LogP contribution in [0.1, 0.15) is 63.5 Å². The van der Waals surface area contributed by atoms with E-state index in [1.807, 2.05) is 54.0 Å². The highest BCUT2D eigenvalue weighted by Gasteiger charge is 2.52. The third kappa shape index (κ3) is 5.89. The highest BCUT2D eigenvalue weighted by atomic mass is 16.7. The van der Waals surface area contributed by atoms with Crippen LogP contribution >= 0.6 is 0 Å². The molecule has 2 aromatic heterocycles. The monoisotopic (exact) mass is 574 g/mol. The van der Waals surface area contributed by atoms with E-state index in [1.165, 1.54) is 6.33 Å². The molecular formula is C31H38N6O5. The number of nitrogens with zero attached hydrogens (tertiary/aromatic N) is 4. The van der Waals surface area contributed by atoms with Gasteiger partial charge in [-0.3, -0.25) is 10.1 Å². The van der Waals surface area contributed by atoms with Crippen LogP contribution in [0.15, 0.2) is 49.1 Å². The van der Waals surface area contributed by atoms with Crippen molar-refractivity contribution >= 4 is 35.1 Å². The molecule has 3 fully saturated rings. The van der Waals surface area contributed by atoms with Crippen molar-refractivity contribution in [3.8, 4) is 0 Å². The van der Waals surface area contributed by atoms with E-state index in [9.17, 15) is 14.7 Å². The maximum atomic E-state index is 12.2. The van der Waals surface area contributed by atoms with Crippen LogP contribution in [0.5, 0.6) is 0 Å². The zero-order chi connectivity index (χ0) is 29.1. The number of carboxylic acid groups (broad SMARTS) is 1. The number of fused-ring (bicyclic) bond motifs is 2. The average Bonchev–Trinajstić information content (AvgIpc) is 3.70. The molecular weight excluding hydrogens is 536 g/mol. The molecule has 11 heteroatoms. The number of carboxylic acids is 1. The van der Waals surface area contributed by atoms with E-state index in [2.05, 4.69) is 25.6 Å². The van der Waals surface area contributed by atoms with Gasteiger partial charge in [0.1, 0.15) is 12.4 Å². The van der Waals surface area contributed by atoms with Gasteiger partial charge in [-0.25, -0.2) is 19.7 Å². The first-order chi connectivity index (χ1) is 20.5. The fourth-order valence-electron chi connectivity index (χ4n) is 6.97. The smallest absolute Gasteiger partial charge is 0.320 e. The van der Waals surface area contributed by atoms with Gasteiger partial charge in [0.2, 0.25) is 0 Å². The van der Waals surface area contributed by atoms with Crippen LogP contribution in [0.4, 0.5) is 10.6 Å². The number of aromatic nitrogens is 4. The maximum Gasteiger partial charge on any atom is 0.320 e. The first-order valence-electron chi connectivity index (χ1n) is 15.0. The summed E-state index contributed by atoms with van der Waals surface area (Å²) in [6.07, 6.45) is 12.6. The zero-order valence-electron chi connectivity index (χ0n) is 23.8. The Morgan fingerprint density at radius 1 is 1.05 bits per heavy atom. The van der Waals surface area contributed by atoms with E-state index >= 15 is 0 Å². The van der Waals surface area contributed by atoms with Gasteiger partial charge < -0.3 is 24.5 Å². The van der Waals surface area contributed by atoms with Gasteiger partial charge in [-0.1, -0.05) is 49.2 Å². The molecule has 0 bridgehead atoms. The molecule has 6 rings (SSSR count). The summed E-state index contributed by atoms with van der Waals surface area (Å²) in [5.41, 5.74) is 2.19. The highest BCUT2D eigenvalue weighted by molar-refractivity contribution is 5.95. The Kier molecular flexibility index (Phi) is 8.48. The van der Waals surface area contributed by atoms with Crippen molar-refractivity contribution in [2.75, 3.05) is 11.9 Å². The molecule has 1 aromatic carbocycles. The van der Waals surface area contributed by atoms with Crippen molar-refractivity contribution in [3.05, 3.63) is 54.6 Å². The summed E-state index contributed by atoms with van der Waals surface area (Å²) in [5, 5.41) is 15.3. The van der Waals surface area contributed by atoms with Crippen molar-refractivity contribution < 1.29 is 24.2 Å². The van der Waals surface area contributed by atoms with E-state index < -0.39 is 12.3 Å². The normalized spacial score (nSPS) is 29.1. The third-order valence-corrected chi connectivity index (χ3v) is 8.96. The van der Waals surface area contributed by atoms with E-state index in [0.717, 1.165) is 50.5 Å². The third-order valence-electron chi connectivity index (χ3n) is 8.96. The lowest BCUT2D eigenvalue weighted by atomic mass is 9.75. The SMILES string of the molecule is CCNC(=O)Nc1ncnc2c1ncn2C1CC(CCC2CCCCC2C(=O)O)C2O[C@H](C=Cc3ccccc3)OC21. The van der Waals surface area contributed by atoms with Crippen molar-refractivity contribution in [1.29, 1.82) is 0 Å². The Labute approximate surface area is 244 Å². The van der Waals surface area contributed by atoms with E-state index in [0.29, 0.717) is 23.5 Å². The second-order valence-electron chi connectivity index (χ2n) is 11.5. The minimum Gasteiger partial charge on any atom is -0.481 e. The molecule has 3 heterocycles. The van der Waals surface area contributed by atoms with Crippen LogP contribution in [0.2, 0.25) is 0 Å². The van der Waals surface area contributed by atoms with E-state index in [4.69, 9.17) is 9.47 Å². The minimum atomic E-state index is -0.671. The van der Waals surface area contributed by atoms with Crippen LogP contribution in [0.3, 0.4) is 0 Å². The quantitative estimate of drug-likeness (QED) is 0.324. The molecule has 222 valence electrons. The highest BCUT2D eigenvalue weighted by Crippen LogP contribution is 2.48. The average molecular weight is 575 g/mol. The number of rotatable bonds is 9. The molecule has 0 radical (unpaired) electrons. The summed E-state index contributed by atoms with van der Waals surface area (Å²) in [7, 11) is 0. The molecule has 2 aliphatic carbocycles. The summed E-state index contributed by atoms with van der Waals surface area (Å²) in [5.74, 6) is -0.206. The molecule has 42 heavy (non-hydrogen) atoms. The molecule has 1 aliphatic heterocycles. The van der Waals surface area contributed by atoms with E-state index in [1.54, 1.807) is 6.33 Å². The van der Waals surface area contributed by atoms with Crippen LogP contribution in [0, 0.1) is 17.8 Å². The molecule has 0 spiro atoms. The molecule has 6 unspecified atom stereocenters. The van der Waals surface area contributed by atoms with Gasteiger partial charge in [0.15, 0.2) is 23.3 Å². The number of hydrogen-bond acceptors (Lipinski definition) is 7. The van der Waals surface area contributed by atoms with Crippen LogP contribution in [-0.4, -0.2) is 61.7 Å². The number of nitrogens with one attached hydrogen (secondary N) is 2. The Morgan fingerprint density at radius 3 is 2.64 bits per heavy atom. The number of anilines is 1. The molecule has 3 N–H and O–H groups in total. The number of ether oxygens (including phenoxy) is 2. The predicted octanol–water partition coefficient (Wildman–Crippen LogP) is 5.02. The zero-order valence-corrected chi connectivity index (χ0v) is 23.8. The van der Waals surface area contributed by atoms with Gasteiger partial charge in [-0.15, -0.1) is 0 Å². The molecule has 1 saturated heterocycles. The number of aliphatic carboxylic acids is 1.